The number of carbonyl (C=O) groups excluding carboxylic acids is 1. The van der Waals surface area contributed by atoms with Gasteiger partial charge in [0.05, 0.1) is 23.3 Å². The molecule has 2 N–H and O–H groups in total. The van der Waals surface area contributed by atoms with E-state index in [1.807, 2.05) is 67.8 Å². The normalized spacial score (nSPS) is 12.4. The predicted molar refractivity (Wildman–Crippen MR) is 120 cm³/mol. The van der Waals surface area contributed by atoms with Crippen LogP contribution in [0, 0.1) is 19.8 Å². The number of hydrogen-bond acceptors (Lipinski definition) is 5. The second-order valence-electron chi connectivity index (χ2n) is 7.88. The molecule has 0 aliphatic rings. The lowest BCUT2D eigenvalue weighted by atomic mass is 10.1. The smallest absolute Gasteiger partial charge is 0.344 e. The minimum Gasteiger partial charge on any atom is -0.462 e. The van der Waals surface area contributed by atoms with Gasteiger partial charge in [-0.25, -0.2) is 14.8 Å². The van der Waals surface area contributed by atoms with Crippen LogP contribution in [0.1, 0.15) is 41.8 Å². The molecule has 0 unspecified atom stereocenters. The number of aromatic nitrogens is 3. The Morgan fingerprint density at radius 3 is 2.53 bits per heavy atom. The minimum absolute atomic E-state index is 0.271. The van der Waals surface area contributed by atoms with Crippen molar-refractivity contribution in [1.82, 2.24) is 14.5 Å². The summed E-state index contributed by atoms with van der Waals surface area (Å²) in [5.74, 6) is 0.101. The third-order valence-corrected chi connectivity index (χ3v) is 5.50. The molecule has 0 saturated carbocycles. The molecule has 6 heteroatoms. The van der Waals surface area contributed by atoms with Gasteiger partial charge < -0.3 is 10.5 Å². The van der Waals surface area contributed by atoms with E-state index >= 15 is 0 Å². The van der Waals surface area contributed by atoms with E-state index in [-0.39, 0.29) is 11.5 Å². The molecule has 0 bridgehead atoms. The van der Waals surface area contributed by atoms with Crippen LogP contribution in [0.3, 0.4) is 0 Å². The zero-order chi connectivity index (χ0) is 21.4. The van der Waals surface area contributed by atoms with E-state index in [0.29, 0.717) is 29.1 Å². The van der Waals surface area contributed by atoms with Crippen LogP contribution in [-0.4, -0.2) is 27.1 Å². The third kappa shape index (κ3) is 3.38. The van der Waals surface area contributed by atoms with Crippen molar-refractivity contribution in [2.45, 2.75) is 34.1 Å². The number of rotatable bonds is 5. The Morgan fingerprint density at radius 2 is 1.83 bits per heavy atom. The van der Waals surface area contributed by atoms with Crippen molar-refractivity contribution in [3.63, 3.8) is 0 Å². The van der Waals surface area contributed by atoms with Crippen LogP contribution in [0.2, 0.25) is 0 Å². The maximum absolute atomic E-state index is 13.0. The van der Waals surface area contributed by atoms with Crippen LogP contribution in [0.4, 0.5) is 5.82 Å². The molecule has 4 rings (SSSR count). The van der Waals surface area contributed by atoms with Gasteiger partial charge >= 0.3 is 5.97 Å². The van der Waals surface area contributed by atoms with Crippen LogP contribution in [0.25, 0.3) is 27.9 Å². The van der Waals surface area contributed by atoms with Gasteiger partial charge in [0.25, 0.3) is 0 Å². The molecule has 0 saturated heterocycles. The van der Waals surface area contributed by atoms with Gasteiger partial charge in [-0.1, -0.05) is 44.5 Å². The van der Waals surface area contributed by atoms with E-state index in [1.54, 1.807) is 0 Å². The zero-order valence-corrected chi connectivity index (χ0v) is 17.8. The van der Waals surface area contributed by atoms with Crippen molar-refractivity contribution in [2.24, 2.45) is 5.92 Å². The molecular weight excluding hydrogens is 376 g/mol. The van der Waals surface area contributed by atoms with Gasteiger partial charge in [-0.05, 0) is 49.1 Å². The van der Waals surface area contributed by atoms with Gasteiger partial charge in [0.2, 0.25) is 0 Å². The molecule has 0 aliphatic carbocycles. The Hall–Kier alpha value is -3.41. The largest absolute Gasteiger partial charge is 0.462 e. The van der Waals surface area contributed by atoms with Crippen molar-refractivity contribution in [2.75, 3.05) is 12.3 Å². The van der Waals surface area contributed by atoms with Gasteiger partial charge in [-0.15, -0.1) is 0 Å². The van der Waals surface area contributed by atoms with E-state index in [9.17, 15) is 4.79 Å². The van der Waals surface area contributed by atoms with Crippen molar-refractivity contribution in [3.8, 4) is 5.69 Å². The third-order valence-electron chi connectivity index (χ3n) is 5.50. The number of benzene rings is 2. The highest BCUT2D eigenvalue weighted by atomic mass is 16.5. The van der Waals surface area contributed by atoms with Crippen LogP contribution >= 0.6 is 0 Å². The van der Waals surface area contributed by atoms with Crippen molar-refractivity contribution >= 4 is 34.0 Å². The lowest BCUT2D eigenvalue weighted by Gasteiger charge is -2.12. The number of hydrogen-bond donors (Lipinski definition) is 1. The molecule has 6 nitrogen and oxygen atoms in total. The Balaban J connectivity index is 1.99. The fourth-order valence-corrected chi connectivity index (χ4v) is 3.47. The van der Waals surface area contributed by atoms with Crippen molar-refractivity contribution in [1.29, 1.82) is 0 Å². The Bertz CT molecular complexity index is 1260. The average Bonchev–Trinajstić information content (AvgIpc) is 3.02. The minimum atomic E-state index is -0.466. The van der Waals surface area contributed by atoms with E-state index in [4.69, 9.17) is 20.4 Å². The number of nitrogens with two attached hydrogens (primary N) is 1. The van der Waals surface area contributed by atoms with Gasteiger partial charge in [-0.3, -0.25) is 4.57 Å². The number of para-hydroxylation sites is 2. The lowest BCUT2D eigenvalue weighted by Crippen LogP contribution is -2.13. The molecule has 0 aliphatic heterocycles. The summed E-state index contributed by atoms with van der Waals surface area (Å²) in [5, 5.41) is 0. The van der Waals surface area contributed by atoms with Gasteiger partial charge in [0.1, 0.15) is 16.9 Å². The van der Waals surface area contributed by atoms with Crippen molar-refractivity contribution in [3.05, 3.63) is 59.2 Å². The molecule has 4 aromatic rings. The van der Waals surface area contributed by atoms with Crippen LogP contribution in [0.15, 0.2) is 42.5 Å². The van der Waals surface area contributed by atoms with Gasteiger partial charge in [0, 0.05) is 0 Å². The molecular formula is C24H26N4O2. The molecule has 0 fully saturated rings. The quantitative estimate of drug-likeness (QED) is 0.476. The summed E-state index contributed by atoms with van der Waals surface area (Å²) in [7, 11) is 0. The van der Waals surface area contributed by atoms with Crippen molar-refractivity contribution < 1.29 is 9.53 Å². The lowest BCUT2D eigenvalue weighted by molar-refractivity contribution is 0.0450. The predicted octanol–water partition coefficient (Wildman–Crippen LogP) is 4.98. The number of fused-ring (bicyclic) bond motifs is 2. The standard InChI is InChI=1S/C24H26N4O2/c1-5-14(2)13-30-24(29)20-21-23(27-18-9-7-6-8-17(18)26-21)28(22(20)25)19-12-15(3)10-11-16(19)4/h6-12,14H,5,13,25H2,1-4H3/t14-/m0/s1. The summed E-state index contributed by atoms with van der Waals surface area (Å²) in [6, 6.07) is 13.7. The molecule has 1 atom stereocenters. The fraction of sp³-hybridized carbons (Fsp3) is 0.292. The molecule has 0 radical (unpaired) electrons. The summed E-state index contributed by atoms with van der Waals surface area (Å²) < 4.78 is 7.40. The van der Waals surface area contributed by atoms with Crippen LogP contribution < -0.4 is 5.73 Å². The monoisotopic (exact) mass is 402 g/mol. The van der Waals surface area contributed by atoms with E-state index in [2.05, 4.69) is 6.92 Å². The second kappa shape index (κ2) is 7.78. The number of anilines is 1. The second-order valence-corrected chi connectivity index (χ2v) is 7.88. The Labute approximate surface area is 175 Å². The number of nitrogen functional groups attached to an aromatic ring is 1. The topological polar surface area (TPSA) is 83.0 Å². The molecule has 2 aromatic heterocycles. The molecule has 0 spiro atoms. The summed E-state index contributed by atoms with van der Waals surface area (Å²) in [6.45, 7) is 8.48. The molecule has 2 aromatic carbocycles. The number of esters is 1. The Morgan fingerprint density at radius 1 is 1.13 bits per heavy atom. The molecule has 0 amide bonds. The molecule has 30 heavy (non-hydrogen) atoms. The highest BCUT2D eigenvalue weighted by molar-refractivity contribution is 6.09. The van der Waals surface area contributed by atoms with Gasteiger partial charge in [-0.2, -0.15) is 0 Å². The summed E-state index contributed by atoms with van der Waals surface area (Å²) in [6.07, 6.45) is 0.928. The average molecular weight is 402 g/mol. The number of nitrogens with zero attached hydrogens (tertiary/aromatic N) is 3. The highest BCUT2D eigenvalue weighted by Crippen LogP contribution is 2.33. The first kappa shape index (κ1) is 19.9. The summed E-state index contributed by atoms with van der Waals surface area (Å²) >= 11 is 0. The van der Waals surface area contributed by atoms with E-state index in [1.165, 1.54) is 0 Å². The summed E-state index contributed by atoms with van der Waals surface area (Å²) in [5.41, 5.74) is 12.3. The Kier molecular flexibility index (Phi) is 5.16. The summed E-state index contributed by atoms with van der Waals surface area (Å²) in [4.78, 5) is 22.6. The SMILES string of the molecule is CC[C@H](C)COC(=O)c1c(N)n(-c2cc(C)ccc2C)c2nc3ccccc3nc12. The molecule has 2 heterocycles. The zero-order valence-electron chi connectivity index (χ0n) is 17.8. The van der Waals surface area contributed by atoms with E-state index in [0.717, 1.165) is 28.8 Å². The first-order valence-electron chi connectivity index (χ1n) is 10.2. The van der Waals surface area contributed by atoms with E-state index < -0.39 is 5.97 Å². The fourth-order valence-electron chi connectivity index (χ4n) is 3.47. The number of carbonyl (C=O) groups is 1. The molecule has 154 valence electrons. The first-order valence-corrected chi connectivity index (χ1v) is 10.2. The number of ether oxygens (including phenoxy) is 1. The maximum Gasteiger partial charge on any atom is 0.344 e. The van der Waals surface area contributed by atoms with Gasteiger partial charge in [0.15, 0.2) is 5.65 Å². The first-order chi connectivity index (χ1) is 14.4. The highest BCUT2D eigenvalue weighted by Gasteiger charge is 2.26. The number of aryl methyl sites for hydroxylation is 2. The van der Waals surface area contributed by atoms with Crippen LogP contribution in [-0.2, 0) is 4.74 Å². The van der Waals surface area contributed by atoms with Crippen LogP contribution in [0.5, 0.6) is 0 Å². The maximum atomic E-state index is 13.0.